The van der Waals surface area contributed by atoms with Crippen molar-refractivity contribution in [1.29, 1.82) is 0 Å². The van der Waals surface area contributed by atoms with E-state index in [9.17, 15) is 0 Å². The Morgan fingerprint density at radius 1 is 0.576 bits per heavy atom. The van der Waals surface area contributed by atoms with Crippen LogP contribution in [0.5, 0.6) is 0 Å². The Bertz CT molecular complexity index is 1060. The van der Waals surface area contributed by atoms with E-state index in [0.29, 0.717) is 11.3 Å². The molecule has 0 spiro atoms. The molecule has 0 fully saturated rings. The number of hydrogen-bond acceptors (Lipinski definition) is 0. The molecule has 0 heteroatoms. The third-order valence-corrected chi connectivity index (χ3v) is 8.44. The Kier molecular flexibility index (Phi) is 7.42. The van der Waals surface area contributed by atoms with Crippen molar-refractivity contribution in [2.45, 2.75) is 90.9 Å². The molecule has 3 aromatic rings. The highest BCUT2D eigenvalue weighted by molar-refractivity contribution is 5.37. The van der Waals surface area contributed by atoms with Gasteiger partial charge in [0.1, 0.15) is 0 Å². The van der Waals surface area contributed by atoms with Crippen LogP contribution in [0.3, 0.4) is 0 Å². The maximum absolute atomic E-state index is 2.36. The van der Waals surface area contributed by atoms with Gasteiger partial charge in [-0.25, -0.2) is 0 Å². The molecule has 3 atom stereocenters. The summed E-state index contributed by atoms with van der Waals surface area (Å²) in [5.74, 6) is 2.31. The first kappa shape index (κ1) is 23.8. The summed E-state index contributed by atoms with van der Waals surface area (Å²) in [7, 11) is 0. The van der Waals surface area contributed by atoms with Gasteiger partial charge in [0.2, 0.25) is 0 Å². The van der Waals surface area contributed by atoms with Crippen LogP contribution in [0.25, 0.3) is 0 Å². The average Bonchev–Trinajstić information content (AvgIpc) is 3.32. The normalized spacial score (nSPS) is 23.7. The van der Waals surface area contributed by atoms with Gasteiger partial charge in [0.05, 0.1) is 0 Å². The first-order valence-corrected chi connectivity index (χ1v) is 13.1. The van der Waals surface area contributed by atoms with E-state index in [1.165, 1.54) is 38.5 Å². The van der Waals surface area contributed by atoms with Crippen LogP contribution in [0.4, 0.5) is 0 Å². The van der Waals surface area contributed by atoms with E-state index in [4.69, 9.17) is 0 Å². The summed E-state index contributed by atoms with van der Waals surface area (Å²) < 4.78 is 0. The van der Waals surface area contributed by atoms with Gasteiger partial charge in [-0.3, -0.25) is 0 Å². The van der Waals surface area contributed by atoms with Gasteiger partial charge in [-0.1, -0.05) is 107 Å². The second kappa shape index (κ2) is 10.3. The Morgan fingerprint density at radius 2 is 1.06 bits per heavy atom. The topological polar surface area (TPSA) is 0 Å². The van der Waals surface area contributed by atoms with E-state index in [0.717, 1.165) is 11.8 Å². The molecule has 0 amide bonds. The lowest BCUT2D eigenvalue weighted by Gasteiger charge is -2.23. The van der Waals surface area contributed by atoms with E-state index in [-0.39, 0.29) is 0 Å². The van der Waals surface area contributed by atoms with Crippen LogP contribution in [-0.4, -0.2) is 0 Å². The van der Waals surface area contributed by atoms with E-state index >= 15 is 0 Å². The Balaban J connectivity index is 0.000000118. The van der Waals surface area contributed by atoms with Crippen LogP contribution in [0.15, 0.2) is 72.8 Å². The summed E-state index contributed by atoms with van der Waals surface area (Å²) in [6.07, 6.45) is 7.91. The maximum Gasteiger partial charge on any atom is -0.0133 e. The van der Waals surface area contributed by atoms with Gasteiger partial charge in [-0.2, -0.15) is 0 Å². The Labute approximate surface area is 202 Å². The Morgan fingerprint density at radius 3 is 1.61 bits per heavy atom. The molecule has 0 aliphatic heterocycles. The highest BCUT2D eigenvalue weighted by Crippen LogP contribution is 2.46. The van der Waals surface area contributed by atoms with Crippen molar-refractivity contribution >= 4 is 0 Å². The second-order valence-electron chi connectivity index (χ2n) is 11.2. The van der Waals surface area contributed by atoms with Gasteiger partial charge in [0, 0.05) is 0 Å². The minimum atomic E-state index is 0.462. The lowest BCUT2D eigenvalue weighted by atomic mass is 9.81. The van der Waals surface area contributed by atoms with Crippen molar-refractivity contribution < 1.29 is 0 Å². The zero-order valence-corrected chi connectivity index (χ0v) is 21.4. The number of aryl methyl sites for hydroxylation is 2. The van der Waals surface area contributed by atoms with E-state index in [1.54, 1.807) is 33.4 Å². The predicted octanol–water partition coefficient (Wildman–Crippen LogP) is 9.24. The SMILES string of the molecule is CC1CCCc2ccccc21.CC1CCc2ccccc21.CC1c2ccccc2CC1(C)C. The quantitative estimate of drug-likeness (QED) is 0.328. The fourth-order valence-electron chi connectivity index (χ4n) is 5.95. The summed E-state index contributed by atoms with van der Waals surface area (Å²) in [4.78, 5) is 0. The Hall–Kier alpha value is -2.34. The van der Waals surface area contributed by atoms with Gasteiger partial charge in [-0.15, -0.1) is 0 Å². The highest BCUT2D eigenvalue weighted by atomic mass is 14.4. The standard InChI is InChI=1S/C12H16.C11H14.C10H12/c1-9-11-7-5-4-6-10(11)8-12(9,2)3;1-9-5-4-7-10-6-2-3-8-11(9)10;1-8-6-7-9-4-2-3-5-10(8)9/h4-7,9H,8H2,1-3H3;2-3,6,8-9H,4-5,7H2,1H3;2-5,8H,6-7H2,1H3. The molecule has 0 saturated heterocycles. The van der Waals surface area contributed by atoms with Crippen molar-refractivity contribution in [1.82, 2.24) is 0 Å². The van der Waals surface area contributed by atoms with E-state index in [1.807, 2.05) is 0 Å². The zero-order chi connectivity index (χ0) is 23.4. The molecule has 3 aliphatic rings. The third-order valence-electron chi connectivity index (χ3n) is 8.44. The lowest BCUT2D eigenvalue weighted by molar-refractivity contribution is 0.330. The molecule has 0 saturated carbocycles. The molecule has 0 bridgehead atoms. The number of rotatable bonds is 0. The van der Waals surface area contributed by atoms with Crippen LogP contribution < -0.4 is 0 Å². The first-order valence-electron chi connectivity index (χ1n) is 13.1. The van der Waals surface area contributed by atoms with Crippen LogP contribution in [0, 0.1) is 5.41 Å². The smallest absolute Gasteiger partial charge is 0.0133 e. The molecule has 3 unspecified atom stereocenters. The lowest BCUT2D eigenvalue weighted by Crippen LogP contribution is -2.14. The highest BCUT2D eigenvalue weighted by Gasteiger charge is 2.35. The summed E-state index contributed by atoms with van der Waals surface area (Å²) in [5.41, 5.74) is 9.86. The predicted molar refractivity (Wildman–Crippen MR) is 143 cm³/mol. The van der Waals surface area contributed by atoms with Gasteiger partial charge in [0.25, 0.3) is 0 Å². The minimum Gasteiger partial charge on any atom is -0.0620 e. The van der Waals surface area contributed by atoms with E-state index in [2.05, 4.69) is 107 Å². The monoisotopic (exact) mass is 438 g/mol. The molecule has 0 aromatic heterocycles. The number of fused-ring (bicyclic) bond motifs is 3. The molecule has 33 heavy (non-hydrogen) atoms. The van der Waals surface area contributed by atoms with Gasteiger partial charge in [-0.05, 0) is 95.1 Å². The second-order valence-corrected chi connectivity index (χ2v) is 11.2. The minimum absolute atomic E-state index is 0.462. The fraction of sp³-hybridized carbons (Fsp3) is 0.455. The molecular formula is C33H42. The summed E-state index contributed by atoms with van der Waals surface area (Å²) in [6.45, 7) is 11.7. The van der Waals surface area contributed by atoms with Crippen LogP contribution in [0.2, 0.25) is 0 Å². The summed E-state index contributed by atoms with van der Waals surface area (Å²) in [5, 5.41) is 0. The van der Waals surface area contributed by atoms with Gasteiger partial charge in [0.15, 0.2) is 0 Å². The molecular weight excluding hydrogens is 396 g/mol. The zero-order valence-electron chi connectivity index (χ0n) is 21.4. The molecule has 3 aromatic carbocycles. The third kappa shape index (κ3) is 5.43. The van der Waals surface area contributed by atoms with E-state index < -0.39 is 0 Å². The fourth-order valence-corrected chi connectivity index (χ4v) is 5.95. The van der Waals surface area contributed by atoms with Gasteiger partial charge >= 0.3 is 0 Å². The first-order chi connectivity index (χ1) is 15.9. The largest absolute Gasteiger partial charge is 0.0620 e. The molecule has 6 rings (SSSR count). The number of benzene rings is 3. The summed E-state index contributed by atoms with van der Waals surface area (Å²) >= 11 is 0. The van der Waals surface area contributed by atoms with Crippen LogP contribution in [-0.2, 0) is 19.3 Å². The molecule has 174 valence electrons. The average molecular weight is 439 g/mol. The maximum atomic E-state index is 2.36. The van der Waals surface area contributed by atoms with Crippen LogP contribution in [0.1, 0.15) is 105 Å². The van der Waals surface area contributed by atoms with Crippen LogP contribution >= 0.6 is 0 Å². The molecule has 0 radical (unpaired) electrons. The molecule has 0 nitrogen and oxygen atoms in total. The molecule has 0 N–H and O–H groups in total. The van der Waals surface area contributed by atoms with Crippen molar-refractivity contribution in [3.8, 4) is 0 Å². The number of hydrogen-bond donors (Lipinski definition) is 0. The van der Waals surface area contributed by atoms with Gasteiger partial charge < -0.3 is 0 Å². The van der Waals surface area contributed by atoms with Crippen molar-refractivity contribution in [3.63, 3.8) is 0 Å². The van der Waals surface area contributed by atoms with Crippen molar-refractivity contribution in [3.05, 3.63) is 106 Å². The van der Waals surface area contributed by atoms with Crippen molar-refractivity contribution in [2.75, 3.05) is 0 Å². The van der Waals surface area contributed by atoms with Crippen molar-refractivity contribution in [2.24, 2.45) is 5.41 Å². The summed E-state index contributed by atoms with van der Waals surface area (Å²) in [6, 6.07) is 26.5. The molecule has 3 aliphatic carbocycles. The molecule has 0 heterocycles.